The molecule has 2 nitrogen and oxygen atoms in total. The predicted molar refractivity (Wildman–Crippen MR) is 92.2 cm³/mol. The molecule has 0 aliphatic heterocycles. The van der Waals surface area contributed by atoms with E-state index in [1.165, 1.54) is 12.1 Å². The molecule has 0 atom stereocenters. The molecule has 0 aliphatic rings. The van der Waals surface area contributed by atoms with E-state index < -0.39 is 6.61 Å². The van der Waals surface area contributed by atoms with Crippen LogP contribution in [0.1, 0.15) is 5.56 Å². The molecule has 0 spiro atoms. The number of alkyl halides is 2. The minimum atomic E-state index is -2.82. The lowest BCUT2D eigenvalue weighted by Gasteiger charge is -2.06. The van der Waals surface area contributed by atoms with Crippen LogP contribution >= 0.6 is 0 Å². The van der Waals surface area contributed by atoms with Crippen LogP contribution < -0.4 is 4.74 Å². The molecular weight excluding hydrogens is 308 g/mol. The van der Waals surface area contributed by atoms with Gasteiger partial charge in [0.2, 0.25) is 0 Å². The number of benzene rings is 3. The van der Waals surface area contributed by atoms with E-state index >= 15 is 0 Å². The van der Waals surface area contributed by atoms with Crippen molar-refractivity contribution < 1.29 is 13.5 Å². The van der Waals surface area contributed by atoms with Gasteiger partial charge in [-0.2, -0.15) is 8.78 Å². The molecule has 0 amide bonds. The fourth-order valence-corrected chi connectivity index (χ4v) is 2.33. The first-order valence-electron chi connectivity index (χ1n) is 7.46. The minimum absolute atomic E-state index is 0.131. The smallest absolute Gasteiger partial charge is 0.387 e. The summed E-state index contributed by atoms with van der Waals surface area (Å²) < 4.78 is 28.6. The number of hydrogen-bond donors (Lipinski definition) is 0. The lowest BCUT2D eigenvalue weighted by molar-refractivity contribution is -0.0498. The molecule has 0 fully saturated rings. The molecule has 0 bridgehead atoms. The SMILES string of the molecule is FC(F)Oc1ccc(C=Nc2ccccc2-c2ccccc2)cc1. The van der Waals surface area contributed by atoms with Crippen molar-refractivity contribution in [3.63, 3.8) is 0 Å². The summed E-state index contributed by atoms with van der Waals surface area (Å²) in [6, 6.07) is 24.2. The van der Waals surface area contributed by atoms with Crippen LogP contribution in [-0.4, -0.2) is 12.8 Å². The number of halogens is 2. The molecule has 120 valence electrons. The summed E-state index contributed by atoms with van der Waals surface area (Å²) in [5.74, 6) is 0.131. The summed E-state index contributed by atoms with van der Waals surface area (Å²) in [6.45, 7) is -2.82. The van der Waals surface area contributed by atoms with Crippen LogP contribution in [0.3, 0.4) is 0 Å². The predicted octanol–water partition coefficient (Wildman–Crippen LogP) is 5.71. The van der Waals surface area contributed by atoms with E-state index in [1.54, 1.807) is 18.3 Å². The van der Waals surface area contributed by atoms with Crippen molar-refractivity contribution in [2.45, 2.75) is 6.61 Å². The first-order valence-corrected chi connectivity index (χ1v) is 7.46. The number of rotatable bonds is 5. The molecule has 0 aromatic heterocycles. The van der Waals surface area contributed by atoms with Crippen molar-refractivity contribution in [2.24, 2.45) is 4.99 Å². The topological polar surface area (TPSA) is 21.6 Å². The fourth-order valence-electron chi connectivity index (χ4n) is 2.33. The maximum absolute atomic E-state index is 12.1. The Hall–Kier alpha value is -3.01. The lowest BCUT2D eigenvalue weighted by atomic mass is 10.0. The van der Waals surface area contributed by atoms with Crippen LogP contribution in [0.4, 0.5) is 14.5 Å². The average Bonchev–Trinajstić information content (AvgIpc) is 2.62. The second-order valence-electron chi connectivity index (χ2n) is 5.09. The van der Waals surface area contributed by atoms with E-state index in [4.69, 9.17) is 0 Å². The molecule has 0 unspecified atom stereocenters. The van der Waals surface area contributed by atoms with Gasteiger partial charge in [0.25, 0.3) is 0 Å². The molecule has 3 aromatic rings. The molecule has 4 heteroatoms. The Morgan fingerprint density at radius 1 is 0.792 bits per heavy atom. The van der Waals surface area contributed by atoms with Crippen LogP contribution in [0.5, 0.6) is 5.75 Å². The molecule has 0 aliphatic carbocycles. The Labute approximate surface area is 139 Å². The van der Waals surface area contributed by atoms with Gasteiger partial charge in [-0.1, -0.05) is 48.5 Å². The summed E-state index contributed by atoms with van der Waals surface area (Å²) in [5, 5.41) is 0. The zero-order chi connectivity index (χ0) is 16.8. The molecule has 0 radical (unpaired) electrons. The van der Waals surface area contributed by atoms with Gasteiger partial charge in [-0.15, -0.1) is 0 Å². The standard InChI is InChI=1S/C20H15F2NO/c21-20(22)24-17-12-10-15(11-13-17)14-23-19-9-5-4-8-18(19)16-6-2-1-3-7-16/h1-14,20H. The van der Waals surface area contributed by atoms with Gasteiger partial charge in [0.1, 0.15) is 5.75 Å². The Morgan fingerprint density at radius 2 is 1.46 bits per heavy atom. The van der Waals surface area contributed by atoms with E-state index in [-0.39, 0.29) is 5.75 Å². The lowest BCUT2D eigenvalue weighted by Crippen LogP contribution is -2.01. The number of aliphatic imine (C=N–C) groups is 1. The number of nitrogens with zero attached hydrogens (tertiary/aromatic N) is 1. The van der Waals surface area contributed by atoms with Crippen LogP contribution in [0, 0.1) is 0 Å². The molecule has 3 rings (SSSR count). The van der Waals surface area contributed by atoms with E-state index in [9.17, 15) is 8.78 Å². The van der Waals surface area contributed by atoms with Crippen LogP contribution in [0.2, 0.25) is 0 Å². The first kappa shape index (κ1) is 15.9. The summed E-state index contributed by atoms with van der Waals surface area (Å²) in [7, 11) is 0. The van der Waals surface area contributed by atoms with E-state index in [0.717, 1.165) is 22.4 Å². The second kappa shape index (κ2) is 7.51. The molecule has 0 saturated heterocycles. The Balaban J connectivity index is 1.82. The highest BCUT2D eigenvalue weighted by Gasteiger charge is 2.04. The third kappa shape index (κ3) is 4.04. The molecule has 0 saturated carbocycles. The molecule has 0 heterocycles. The van der Waals surface area contributed by atoms with Crippen molar-refractivity contribution in [3.05, 3.63) is 84.4 Å². The van der Waals surface area contributed by atoms with Crippen molar-refractivity contribution in [1.29, 1.82) is 0 Å². The fraction of sp³-hybridized carbons (Fsp3) is 0.0500. The van der Waals surface area contributed by atoms with Crippen LogP contribution in [-0.2, 0) is 0 Å². The highest BCUT2D eigenvalue weighted by atomic mass is 19.3. The number of para-hydroxylation sites is 1. The number of ether oxygens (including phenoxy) is 1. The van der Waals surface area contributed by atoms with Crippen LogP contribution in [0.15, 0.2) is 83.9 Å². The summed E-state index contributed by atoms with van der Waals surface area (Å²) in [4.78, 5) is 4.53. The molecule has 24 heavy (non-hydrogen) atoms. The van der Waals surface area contributed by atoms with E-state index in [1.807, 2.05) is 54.6 Å². The maximum Gasteiger partial charge on any atom is 0.387 e. The summed E-state index contributed by atoms with van der Waals surface area (Å²) in [5.41, 5.74) is 3.77. The van der Waals surface area contributed by atoms with Crippen molar-refractivity contribution >= 4 is 11.9 Å². The monoisotopic (exact) mass is 323 g/mol. The maximum atomic E-state index is 12.1. The number of hydrogen-bond acceptors (Lipinski definition) is 2. The Bertz CT molecular complexity index is 815. The van der Waals surface area contributed by atoms with Gasteiger partial charge in [-0.3, -0.25) is 4.99 Å². The highest BCUT2D eigenvalue weighted by Crippen LogP contribution is 2.29. The van der Waals surface area contributed by atoms with Crippen molar-refractivity contribution in [2.75, 3.05) is 0 Å². The van der Waals surface area contributed by atoms with Gasteiger partial charge < -0.3 is 4.74 Å². The molecule has 0 N–H and O–H groups in total. The largest absolute Gasteiger partial charge is 0.435 e. The molecular formula is C20H15F2NO. The van der Waals surface area contributed by atoms with Gasteiger partial charge in [-0.25, -0.2) is 0 Å². The normalized spacial score (nSPS) is 11.1. The van der Waals surface area contributed by atoms with Gasteiger partial charge in [0, 0.05) is 11.8 Å². The van der Waals surface area contributed by atoms with Gasteiger partial charge in [0.05, 0.1) is 5.69 Å². The summed E-state index contributed by atoms with van der Waals surface area (Å²) in [6.07, 6.45) is 1.70. The van der Waals surface area contributed by atoms with Gasteiger partial charge in [0.15, 0.2) is 0 Å². The zero-order valence-corrected chi connectivity index (χ0v) is 12.8. The third-order valence-corrected chi connectivity index (χ3v) is 3.45. The highest BCUT2D eigenvalue weighted by molar-refractivity contribution is 5.85. The van der Waals surface area contributed by atoms with E-state index in [2.05, 4.69) is 9.73 Å². The van der Waals surface area contributed by atoms with Crippen LogP contribution in [0.25, 0.3) is 11.1 Å². The van der Waals surface area contributed by atoms with Crippen molar-refractivity contribution in [3.8, 4) is 16.9 Å². The molecule has 3 aromatic carbocycles. The summed E-state index contributed by atoms with van der Waals surface area (Å²) >= 11 is 0. The van der Waals surface area contributed by atoms with Gasteiger partial charge >= 0.3 is 6.61 Å². The minimum Gasteiger partial charge on any atom is -0.435 e. The Morgan fingerprint density at radius 3 is 2.17 bits per heavy atom. The van der Waals surface area contributed by atoms with Crippen molar-refractivity contribution in [1.82, 2.24) is 0 Å². The Kier molecular flexibility index (Phi) is 4.96. The van der Waals surface area contributed by atoms with E-state index in [0.29, 0.717) is 0 Å². The van der Waals surface area contributed by atoms with Gasteiger partial charge in [-0.05, 0) is 41.5 Å². The second-order valence-corrected chi connectivity index (χ2v) is 5.09. The zero-order valence-electron chi connectivity index (χ0n) is 12.8. The average molecular weight is 323 g/mol. The quantitative estimate of drug-likeness (QED) is 0.551. The first-order chi connectivity index (χ1) is 11.7. The third-order valence-electron chi connectivity index (χ3n) is 3.45.